The topological polar surface area (TPSA) is 97.0 Å². The lowest BCUT2D eigenvalue weighted by molar-refractivity contribution is -0.122. The molecule has 3 rings (SSSR count). The first-order valence-corrected chi connectivity index (χ1v) is 10.7. The number of rotatable bonds is 8. The van der Waals surface area contributed by atoms with E-state index in [0.29, 0.717) is 26.3 Å². The van der Waals surface area contributed by atoms with E-state index in [-0.39, 0.29) is 24.8 Å². The monoisotopic (exact) mass is 547 g/mol. The second-order valence-electron chi connectivity index (χ2n) is 6.93. The first-order valence-electron chi connectivity index (χ1n) is 9.64. The van der Waals surface area contributed by atoms with Gasteiger partial charge in [0, 0.05) is 12.2 Å². The van der Waals surface area contributed by atoms with Crippen molar-refractivity contribution in [3.8, 4) is 11.5 Å². The van der Waals surface area contributed by atoms with Crippen molar-refractivity contribution in [1.29, 1.82) is 0 Å². The molecule has 0 unspecified atom stereocenters. The lowest BCUT2D eigenvalue weighted by Gasteiger charge is -2.14. The zero-order valence-corrected chi connectivity index (χ0v) is 19.8. The van der Waals surface area contributed by atoms with Gasteiger partial charge in [-0.2, -0.15) is 0 Å². The van der Waals surface area contributed by atoms with Crippen molar-refractivity contribution >= 4 is 52.2 Å². The Morgan fingerprint density at radius 2 is 1.97 bits per heavy atom. The van der Waals surface area contributed by atoms with Crippen molar-refractivity contribution < 1.29 is 23.9 Å². The number of methoxy groups -OCH3 is 1. The van der Waals surface area contributed by atoms with E-state index in [2.05, 4.69) is 39.8 Å². The van der Waals surface area contributed by atoms with Gasteiger partial charge in [-0.3, -0.25) is 14.5 Å². The summed E-state index contributed by atoms with van der Waals surface area (Å²) in [4.78, 5) is 37.6. The van der Waals surface area contributed by atoms with Gasteiger partial charge in [-0.1, -0.05) is 23.8 Å². The number of carbonyl (C=O) groups excluding carboxylic acids is 3. The van der Waals surface area contributed by atoms with E-state index >= 15 is 0 Å². The molecule has 0 bridgehead atoms. The molecule has 1 aliphatic heterocycles. The lowest BCUT2D eigenvalue weighted by Crippen LogP contribution is -2.30. The first-order chi connectivity index (χ1) is 15.3. The second-order valence-corrected chi connectivity index (χ2v) is 8.09. The van der Waals surface area contributed by atoms with Gasteiger partial charge in [-0.25, -0.2) is 4.79 Å². The van der Waals surface area contributed by atoms with Gasteiger partial charge in [0.1, 0.15) is 5.70 Å². The fourth-order valence-electron chi connectivity index (χ4n) is 2.97. The van der Waals surface area contributed by atoms with Gasteiger partial charge in [0.05, 0.1) is 10.7 Å². The zero-order chi connectivity index (χ0) is 23.3. The van der Waals surface area contributed by atoms with Gasteiger partial charge in [-0.15, -0.1) is 6.58 Å². The molecule has 9 heteroatoms. The predicted octanol–water partition coefficient (Wildman–Crippen LogP) is 3.70. The molecule has 8 nitrogen and oxygen atoms in total. The Morgan fingerprint density at radius 3 is 2.62 bits per heavy atom. The summed E-state index contributed by atoms with van der Waals surface area (Å²) in [6, 6.07) is 10.4. The normalized spacial score (nSPS) is 14.3. The van der Waals surface area contributed by atoms with Crippen LogP contribution in [0, 0.1) is 10.5 Å². The number of hydrogen-bond acceptors (Lipinski definition) is 5. The molecule has 0 radical (unpaired) electrons. The number of ether oxygens (including phenoxy) is 2. The van der Waals surface area contributed by atoms with Crippen molar-refractivity contribution in [3.05, 3.63) is 69.4 Å². The van der Waals surface area contributed by atoms with E-state index < -0.39 is 11.9 Å². The van der Waals surface area contributed by atoms with E-state index in [4.69, 9.17) is 9.47 Å². The lowest BCUT2D eigenvalue weighted by atomic mass is 10.1. The molecule has 0 aromatic heterocycles. The van der Waals surface area contributed by atoms with Crippen LogP contribution in [0.3, 0.4) is 0 Å². The van der Waals surface area contributed by atoms with Gasteiger partial charge in [0.15, 0.2) is 18.1 Å². The third kappa shape index (κ3) is 5.47. The summed E-state index contributed by atoms with van der Waals surface area (Å²) >= 11 is 2.06. The number of halogens is 1. The first kappa shape index (κ1) is 23.3. The maximum absolute atomic E-state index is 12.4. The summed E-state index contributed by atoms with van der Waals surface area (Å²) in [5, 5.41) is 5.32. The number of benzene rings is 2. The number of imide groups is 1. The number of hydrogen-bond donors (Lipinski definition) is 2. The van der Waals surface area contributed by atoms with Crippen LogP contribution in [0.25, 0.3) is 6.08 Å². The Morgan fingerprint density at radius 1 is 1.25 bits per heavy atom. The molecule has 0 aliphatic carbocycles. The number of aryl methyl sites for hydroxylation is 1. The van der Waals surface area contributed by atoms with Crippen LogP contribution in [-0.2, 0) is 9.59 Å². The van der Waals surface area contributed by atoms with Gasteiger partial charge >= 0.3 is 6.03 Å². The summed E-state index contributed by atoms with van der Waals surface area (Å²) < 4.78 is 11.8. The van der Waals surface area contributed by atoms with Crippen LogP contribution in [-0.4, -0.2) is 43.0 Å². The molecule has 32 heavy (non-hydrogen) atoms. The molecule has 2 N–H and O–H groups in total. The largest absolute Gasteiger partial charge is 0.493 e. The molecule has 1 saturated heterocycles. The SMILES string of the molecule is C=CCN1C(=O)N/C(=C/c2cc(I)c(OCC(=O)Nc3ccc(C)cc3)c(OC)c2)C1=O. The van der Waals surface area contributed by atoms with E-state index in [9.17, 15) is 14.4 Å². The van der Waals surface area contributed by atoms with Gasteiger partial charge < -0.3 is 20.1 Å². The van der Waals surface area contributed by atoms with Crippen LogP contribution in [0.5, 0.6) is 11.5 Å². The molecule has 1 heterocycles. The van der Waals surface area contributed by atoms with Crippen molar-refractivity contribution in [3.63, 3.8) is 0 Å². The van der Waals surface area contributed by atoms with Gasteiger partial charge in [0.25, 0.3) is 11.8 Å². The fourth-order valence-corrected chi connectivity index (χ4v) is 3.75. The van der Waals surface area contributed by atoms with Crippen molar-refractivity contribution in [2.24, 2.45) is 0 Å². The van der Waals surface area contributed by atoms with E-state index in [1.54, 1.807) is 18.2 Å². The number of nitrogens with zero attached hydrogens (tertiary/aromatic N) is 1. The maximum atomic E-state index is 12.4. The highest BCUT2D eigenvalue weighted by Gasteiger charge is 2.32. The van der Waals surface area contributed by atoms with Crippen molar-refractivity contribution in [2.45, 2.75) is 6.92 Å². The quantitative estimate of drug-likeness (QED) is 0.228. The molecule has 0 atom stereocenters. The molecule has 2 aromatic carbocycles. The highest BCUT2D eigenvalue weighted by molar-refractivity contribution is 14.1. The summed E-state index contributed by atoms with van der Waals surface area (Å²) in [6.07, 6.45) is 3.04. The molecule has 0 spiro atoms. The van der Waals surface area contributed by atoms with Gasteiger partial charge in [0.2, 0.25) is 0 Å². The maximum Gasteiger partial charge on any atom is 0.329 e. The molecular weight excluding hydrogens is 525 g/mol. The van der Waals surface area contributed by atoms with E-state index in [0.717, 1.165) is 10.5 Å². The Balaban J connectivity index is 1.73. The molecule has 2 aromatic rings. The zero-order valence-electron chi connectivity index (χ0n) is 17.6. The molecule has 1 aliphatic rings. The van der Waals surface area contributed by atoms with Crippen molar-refractivity contribution in [2.75, 3.05) is 25.6 Å². The van der Waals surface area contributed by atoms with Crippen LogP contribution in [0.15, 0.2) is 54.8 Å². The minimum absolute atomic E-state index is 0.125. The Hall–Kier alpha value is -3.34. The Kier molecular flexibility index (Phi) is 7.52. The number of anilines is 1. The van der Waals surface area contributed by atoms with Gasteiger partial charge in [-0.05, 0) is 65.4 Å². The second kappa shape index (κ2) is 10.3. The predicted molar refractivity (Wildman–Crippen MR) is 129 cm³/mol. The molecule has 1 fully saturated rings. The minimum Gasteiger partial charge on any atom is -0.493 e. The number of nitrogens with one attached hydrogen (secondary N) is 2. The molecular formula is C23H22IN3O5. The molecule has 4 amide bonds. The number of carbonyl (C=O) groups is 3. The van der Waals surface area contributed by atoms with Crippen LogP contribution >= 0.6 is 22.6 Å². The average Bonchev–Trinajstić information content (AvgIpc) is 3.02. The minimum atomic E-state index is -0.498. The Labute approximate surface area is 199 Å². The van der Waals surface area contributed by atoms with E-state index in [1.165, 1.54) is 13.2 Å². The number of amides is 4. The van der Waals surface area contributed by atoms with Crippen LogP contribution in [0.4, 0.5) is 10.5 Å². The number of urea groups is 1. The summed E-state index contributed by atoms with van der Waals surface area (Å²) in [5.74, 6) is 0.0624. The van der Waals surface area contributed by atoms with Crippen LogP contribution < -0.4 is 20.1 Å². The third-order valence-electron chi connectivity index (χ3n) is 4.52. The average molecular weight is 547 g/mol. The summed E-state index contributed by atoms with van der Waals surface area (Å²) in [7, 11) is 1.48. The third-order valence-corrected chi connectivity index (χ3v) is 5.32. The highest BCUT2D eigenvalue weighted by atomic mass is 127. The summed E-state index contributed by atoms with van der Waals surface area (Å²) in [5.41, 5.74) is 2.56. The highest BCUT2D eigenvalue weighted by Crippen LogP contribution is 2.34. The van der Waals surface area contributed by atoms with Crippen LogP contribution in [0.2, 0.25) is 0 Å². The smallest absolute Gasteiger partial charge is 0.329 e. The fraction of sp³-hybridized carbons (Fsp3) is 0.174. The molecule has 166 valence electrons. The standard InChI is InChI=1S/C23H22IN3O5/c1-4-9-27-22(29)18(26-23(27)30)11-15-10-17(24)21(19(12-15)31-3)32-13-20(28)25-16-7-5-14(2)6-8-16/h4-8,10-12H,1,9,13H2,2-3H3,(H,25,28)(H,26,30)/b18-11+. The Bertz CT molecular complexity index is 1100. The van der Waals surface area contributed by atoms with Crippen molar-refractivity contribution in [1.82, 2.24) is 10.2 Å². The van der Waals surface area contributed by atoms with E-state index in [1.807, 2.05) is 31.2 Å². The van der Waals surface area contributed by atoms with Crippen LogP contribution in [0.1, 0.15) is 11.1 Å². The molecule has 0 saturated carbocycles. The summed E-state index contributed by atoms with van der Waals surface area (Å²) in [6.45, 7) is 5.44.